The van der Waals surface area contributed by atoms with Crippen LogP contribution in [-0.2, 0) is 12.2 Å². The number of aromatic nitrogens is 2. The number of nitrogens with zero attached hydrogens (tertiary/aromatic N) is 2. The van der Waals surface area contributed by atoms with Gasteiger partial charge in [0, 0.05) is 19.0 Å². The van der Waals surface area contributed by atoms with E-state index >= 15 is 0 Å². The molecule has 0 amide bonds. The van der Waals surface area contributed by atoms with Gasteiger partial charge in [-0.05, 0) is 19.3 Å². The van der Waals surface area contributed by atoms with Crippen LogP contribution in [0.4, 0.5) is 4.39 Å². The van der Waals surface area contributed by atoms with E-state index in [2.05, 4.69) is 5.10 Å². The van der Waals surface area contributed by atoms with Crippen LogP contribution < -0.4 is 10.5 Å². The lowest BCUT2D eigenvalue weighted by Gasteiger charge is -2.22. The van der Waals surface area contributed by atoms with E-state index in [9.17, 15) is 4.39 Å². The summed E-state index contributed by atoms with van der Waals surface area (Å²) in [4.78, 5) is 0. The van der Waals surface area contributed by atoms with Crippen molar-refractivity contribution in [2.75, 3.05) is 7.11 Å². The van der Waals surface area contributed by atoms with Gasteiger partial charge in [-0.2, -0.15) is 5.10 Å². The summed E-state index contributed by atoms with van der Waals surface area (Å²) in [6.45, 7) is 2.75. The zero-order valence-corrected chi connectivity index (χ0v) is 10.4. The van der Waals surface area contributed by atoms with Crippen LogP contribution in [0.25, 0.3) is 0 Å². The van der Waals surface area contributed by atoms with E-state index in [4.69, 9.17) is 10.5 Å². The molecule has 0 bridgehead atoms. The molecule has 0 aromatic carbocycles. The molecule has 0 radical (unpaired) electrons. The quantitative estimate of drug-likeness (QED) is 0.877. The number of halogens is 1. The van der Waals surface area contributed by atoms with E-state index in [1.807, 2.05) is 6.92 Å². The van der Waals surface area contributed by atoms with Crippen LogP contribution in [0.5, 0.6) is 5.75 Å². The third-order valence-electron chi connectivity index (χ3n) is 3.38. The molecule has 1 heterocycles. The van der Waals surface area contributed by atoms with Gasteiger partial charge in [0.05, 0.1) is 13.3 Å². The van der Waals surface area contributed by atoms with E-state index in [0.717, 1.165) is 12.8 Å². The average molecular weight is 241 g/mol. The molecule has 1 fully saturated rings. The molecule has 2 N–H and O–H groups in total. The van der Waals surface area contributed by atoms with Crippen LogP contribution >= 0.6 is 0 Å². The Morgan fingerprint density at radius 3 is 3.00 bits per heavy atom. The van der Waals surface area contributed by atoms with Gasteiger partial charge in [-0.15, -0.1) is 0 Å². The first kappa shape index (κ1) is 12.4. The van der Waals surface area contributed by atoms with Gasteiger partial charge in [-0.3, -0.25) is 4.68 Å². The average Bonchev–Trinajstić information content (AvgIpc) is 2.84. The summed E-state index contributed by atoms with van der Waals surface area (Å²) >= 11 is 0. The third kappa shape index (κ3) is 2.16. The van der Waals surface area contributed by atoms with Crippen molar-refractivity contribution in [3.8, 4) is 5.75 Å². The fourth-order valence-electron chi connectivity index (χ4n) is 2.60. The number of hydrogen-bond donors (Lipinski definition) is 1. The van der Waals surface area contributed by atoms with Crippen molar-refractivity contribution in [1.29, 1.82) is 0 Å². The van der Waals surface area contributed by atoms with Crippen LogP contribution in [-0.4, -0.2) is 22.9 Å². The Hall–Kier alpha value is -1.10. The number of ether oxygens (including phenoxy) is 1. The Morgan fingerprint density at radius 1 is 1.71 bits per heavy atom. The predicted octanol–water partition coefficient (Wildman–Crippen LogP) is 1.98. The van der Waals surface area contributed by atoms with Crippen molar-refractivity contribution in [3.05, 3.63) is 11.9 Å². The molecule has 1 aliphatic carbocycles. The zero-order valence-electron chi connectivity index (χ0n) is 10.4. The molecule has 96 valence electrons. The van der Waals surface area contributed by atoms with Crippen molar-refractivity contribution >= 4 is 0 Å². The summed E-state index contributed by atoms with van der Waals surface area (Å²) in [6.07, 6.45) is 4.05. The molecule has 1 aromatic heterocycles. The standard InChI is InChI=1S/C12H20FN3O/c1-3-6-16-11(10(17-2)8-15-16)12(13)5-4-9(14)7-12/h8-9H,3-7,14H2,1-2H3. The molecule has 1 aromatic rings. The third-order valence-corrected chi connectivity index (χ3v) is 3.38. The monoisotopic (exact) mass is 241 g/mol. The molecule has 0 aliphatic heterocycles. The molecule has 1 aliphatic rings. The smallest absolute Gasteiger partial charge is 0.163 e. The summed E-state index contributed by atoms with van der Waals surface area (Å²) in [7, 11) is 1.55. The molecular formula is C12H20FN3O. The number of rotatable bonds is 4. The largest absolute Gasteiger partial charge is 0.493 e. The van der Waals surface area contributed by atoms with Gasteiger partial charge in [-0.1, -0.05) is 6.92 Å². The lowest BCUT2D eigenvalue weighted by molar-refractivity contribution is 0.151. The van der Waals surface area contributed by atoms with Crippen molar-refractivity contribution in [3.63, 3.8) is 0 Å². The Balaban J connectivity index is 2.38. The van der Waals surface area contributed by atoms with Crippen LogP contribution in [0.3, 0.4) is 0 Å². The highest BCUT2D eigenvalue weighted by molar-refractivity contribution is 5.32. The molecule has 5 heteroatoms. The van der Waals surface area contributed by atoms with Gasteiger partial charge in [0.2, 0.25) is 0 Å². The van der Waals surface area contributed by atoms with Crippen molar-refractivity contribution < 1.29 is 9.13 Å². The number of hydrogen-bond acceptors (Lipinski definition) is 3. The first-order valence-corrected chi connectivity index (χ1v) is 6.15. The minimum Gasteiger partial charge on any atom is -0.493 e. The second kappa shape index (κ2) is 4.64. The number of aryl methyl sites for hydroxylation is 1. The Labute approximate surface area is 101 Å². The van der Waals surface area contributed by atoms with Crippen molar-refractivity contribution in [2.24, 2.45) is 5.73 Å². The SMILES string of the molecule is CCCn1ncc(OC)c1C1(F)CCC(N)C1. The summed E-state index contributed by atoms with van der Waals surface area (Å²) in [6, 6.07) is -0.0605. The van der Waals surface area contributed by atoms with Gasteiger partial charge in [0.25, 0.3) is 0 Å². The summed E-state index contributed by atoms with van der Waals surface area (Å²) < 4.78 is 21.9. The fraction of sp³-hybridized carbons (Fsp3) is 0.750. The molecule has 2 unspecified atom stereocenters. The topological polar surface area (TPSA) is 53.1 Å². The molecular weight excluding hydrogens is 221 g/mol. The zero-order chi connectivity index (χ0) is 12.5. The van der Waals surface area contributed by atoms with Gasteiger partial charge >= 0.3 is 0 Å². The Kier molecular flexibility index (Phi) is 3.38. The second-order valence-corrected chi connectivity index (χ2v) is 4.75. The normalized spacial score (nSPS) is 28.6. The highest BCUT2D eigenvalue weighted by atomic mass is 19.1. The van der Waals surface area contributed by atoms with E-state index in [1.165, 1.54) is 0 Å². The van der Waals surface area contributed by atoms with Crippen molar-refractivity contribution in [1.82, 2.24) is 9.78 Å². The highest BCUT2D eigenvalue weighted by Gasteiger charge is 2.44. The summed E-state index contributed by atoms with van der Waals surface area (Å²) in [5.74, 6) is 0.537. The Morgan fingerprint density at radius 2 is 2.47 bits per heavy atom. The van der Waals surface area contributed by atoms with Gasteiger partial charge in [-0.25, -0.2) is 4.39 Å². The number of nitrogens with two attached hydrogens (primary N) is 1. The van der Waals surface area contributed by atoms with E-state index in [-0.39, 0.29) is 6.04 Å². The van der Waals surface area contributed by atoms with E-state index in [1.54, 1.807) is 18.0 Å². The van der Waals surface area contributed by atoms with Crippen LogP contribution in [0.1, 0.15) is 38.3 Å². The second-order valence-electron chi connectivity index (χ2n) is 4.75. The first-order chi connectivity index (χ1) is 8.10. The minimum absolute atomic E-state index is 0.0605. The summed E-state index contributed by atoms with van der Waals surface area (Å²) in [5.41, 5.74) is 5.01. The minimum atomic E-state index is -1.38. The van der Waals surface area contributed by atoms with Gasteiger partial charge in [0.15, 0.2) is 11.4 Å². The van der Waals surface area contributed by atoms with Crippen LogP contribution in [0.2, 0.25) is 0 Å². The van der Waals surface area contributed by atoms with Gasteiger partial charge < -0.3 is 10.5 Å². The molecule has 4 nitrogen and oxygen atoms in total. The Bertz CT molecular complexity index is 393. The maximum atomic E-state index is 14.9. The number of methoxy groups -OCH3 is 1. The van der Waals surface area contributed by atoms with Gasteiger partial charge in [0.1, 0.15) is 5.69 Å². The molecule has 17 heavy (non-hydrogen) atoms. The maximum absolute atomic E-state index is 14.9. The number of alkyl halides is 1. The lowest BCUT2D eigenvalue weighted by Crippen LogP contribution is -2.25. The fourth-order valence-corrected chi connectivity index (χ4v) is 2.60. The van der Waals surface area contributed by atoms with E-state index < -0.39 is 5.67 Å². The molecule has 2 atom stereocenters. The van der Waals surface area contributed by atoms with E-state index in [0.29, 0.717) is 30.8 Å². The molecule has 2 rings (SSSR count). The lowest BCUT2D eigenvalue weighted by atomic mass is 9.99. The maximum Gasteiger partial charge on any atom is 0.163 e. The molecule has 0 spiro atoms. The van der Waals surface area contributed by atoms with Crippen molar-refractivity contribution in [2.45, 2.75) is 50.9 Å². The first-order valence-electron chi connectivity index (χ1n) is 6.15. The molecule has 1 saturated carbocycles. The van der Waals surface area contributed by atoms with Crippen LogP contribution in [0.15, 0.2) is 6.20 Å². The highest BCUT2D eigenvalue weighted by Crippen LogP contribution is 2.45. The predicted molar refractivity (Wildman–Crippen MR) is 63.7 cm³/mol. The summed E-state index contributed by atoms with van der Waals surface area (Å²) in [5, 5.41) is 4.20. The molecule has 0 saturated heterocycles. The van der Waals surface area contributed by atoms with Crippen LogP contribution in [0, 0.1) is 0 Å².